The monoisotopic (exact) mass is 408 g/mol. The minimum atomic E-state index is -0.0593. The predicted octanol–water partition coefficient (Wildman–Crippen LogP) is 5.17. The Balaban J connectivity index is 2.37. The fourth-order valence-corrected chi connectivity index (χ4v) is 3.61. The maximum atomic E-state index is 12.2. The van der Waals surface area contributed by atoms with E-state index in [-0.39, 0.29) is 5.78 Å². The molecule has 0 N–H and O–H groups in total. The Kier molecular flexibility index (Phi) is 4.48. The van der Waals surface area contributed by atoms with Gasteiger partial charge in [-0.2, -0.15) is 0 Å². The molecule has 94 valence electrons. The number of methoxy groups -OCH3 is 1. The van der Waals surface area contributed by atoms with Gasteiger partial charge in [0.05, 0.1) is 16.5 Å². The molecular weight excluding hydrogens is 403 g/mol. The third-order valence-electron chi connectivity index (χ3n) is 2.28. The number of carbonyl (C=O) groups excluding carboxylic acids is 1. The lowest BCUT2D eigenvalue weighted by atomic mass is 10.1. The summed E-state index contributed by atoms with van der Waals surface area (Å²) in [7, 11) is 1.58. The van der Waals surface area contributed by atoms with Crippen molar-refractivity contribution in [1.29, 1.82) is 0 Å². The third kappa shape index (κ3) is 2.79. The second-order valence-electron chi connectivity index (χ2n) is 3.41. The Hall–Kier alpha value is -0.360. The minimum absolute atomic E-state index is 0.0593. The Labute approximate surface area is 130 Å². The van der Waals surface area contributed by atoms with Crippen LogP contribution in [0.2, 0.25) is 4.34 Å². The van der Waals surface area contributed by atoms with Crippen molar-refractivity contribution in [3.05, 3.63) is 48.0 Å². The first-order chi connectivity index (χ1) is 8.52. The molecule has 0 aliphatic heterocycles. The molecule has 0 atom stereocenters. The number of carbonyl (C=O) groups is 1. The molecule has 0 amide bonds. The van der Waals surface area contributed by atoms with Crippen LogP contribution in [0.5, 0.6) is 5.75 Å². The number of hydrogen-bond donors (Lipinski definition) is 0. The molecule has 0 aliphatic carbocycles. The smallest absolute Gasteiger partial charge is 0.203 e. The molecule has 2 nitrogen and oxygen atoms in total. The summed E-state index contributed by atoms with van der Waals surface area (Å²) in [6, 6.07) is 6.95. The van der Waals surface area contributed by atoms with Gasteiger partial charge in [-0.3, -0.25) is 4.79 Å². The van der Waals surface area contributed by atoms with Gasteiger partial charge in [-0.15, -0.1) is 11.3 Å². The fourth-order valence-electron chi connectivity index (χ4n) is 1.41. The molecule has 0 spiro atoms. The number of rotatable bonds is 3. The lowest BCUT2D eigenvalue weighted by molar-refractivity contribution is 0.104. The Morgan fingerprint density at radius 3 is 2.50 bits per heavy atom. The standard InChI is InChI=1S/C12H7Br2ClO2S/c1-17-9-3-2-6(4-7(9)13)11(16)10-5-8(14)12(15)18-10/h2-5H,1H3. The Morgan fingerprint density at radius 1 is 1.28 bits per heavy atom. The van der Waals surface area contributed by atoms with Crippen LogP contribution in [0.4, 0.5) is 0 Å². The molecule has 1 aromatic carbocycles. The van der Waals surface area contributed by atoms with Gasteiger partial charge in [0.1, 0.15) is 10.1 Å². The average Bonchev–Trinajstić information content (AvgIpc) is 2.68. The normalized spacial score (nSPS) is 10.4. The first-order valence-corrected chi connectivity index (χ1v) is 7.64. The van der Waals surface area contributed by atoms with Crippen LogP contribution in [-0.2, 0) is 0 Å². The van der Waals surface area contributed by atoms with E-state index in [4.69, 9.17) is 16.3 Å². The number of benzene rings is 1. The Morgan fingerprint density at radius 2 is 2.00 bits per heavy atom. The van der Waals surface area contributed by atoms with Gasteiger partial charge >= 0.3 is 0 Å². The highest BCUT2D eigenvalue weighted by atomic mass is 79.9. The number of ketones is 1. The van der Waals surface area contributed by atoms with Crippen LogP contribution in [0.3, 0.4) is 0 Å². The minimum Gasteiger partial charge on any atom is -0.496 e. The van der Waals surface area contributed by atoms with E-state index in [0.29, 0.717) is 20.5 Å². The van der Waals surface area contributed by atoms with Crippen LogP contribution in [-0.4, -0.2) is 12.9 Å². The van der Waals surface area contributed by atoms with Gasteiger partial charge in [0.2, 0.25) is 5.78 Å². The summed E-state index contributed by atoms with van der Waals surface area (Å²) in [6.07, 6.45) is 0. The van der Waals surface area contributed by atoms with E-state index in [1.54, 1.807) is 31.4 Å². The highest BCUT2D eigenvalue weighted by Crippen LogP contribution is 2.34. The Bertz CT molecular complexity index is 591. The molecule has 18 heavy (non-hydrogen) atoms. The van der Waals surface area contributed by atoms with E-state index in [0.717, 1.165) is 8.95 Å². The molecule has 6 heteroatoms. The third-order valence-corrected chi connectivity index (χ3v) is 5.38. The molecule has 0 radical (unpaired) electrons. The van der Waals surface area contributed by atoms with Gasteiger partial charge in [0.25, 0.3) is 0 Å². The number of hydrogen-bond acceptors (Lipinski definition) is 3. The zero-order valence-corrected chi connectivity index (χ0v) is 13.9. The molecule has 0 unspecified atom stereocenters. The quantitative estimate of drug-likeness (QED) is 0.653. The van der Waals surface area contributed by atoms with Gasteiger partial charge in [-0.25, -0.2) is 0 Å². The van der Waals surface area contributed by atoms with Gasteiger partial charge in [-0.05, 0) is 56.1 Å². The molecule has 0 saturated heterocycles. The first kappa shape index (κ1) is 14.1. The molecule has 0 saturated carbocycles. The molecule has 2 aromatic rings. The number of thiophene rings is 1. The van der Waals surface area contributed by atoms with Crippen molar-refractivity contribution in [2.75, 3.05) is 7.11 Å². The van der Waals surface area contributed by atoms with Crippen LogP contribution in [0, 0.1) is 0 Å². The van der Waals surface area contributed by atoms with Crippen LogP contribution in [0.15, 0.2) is 33.2 Å². The van der Waals surface area contributed by atoms with Gasteiger partial charge in [0, 0.05) is 10.0 Å². The second kappa shape index (κ2) is 5.74. The molecule has 2 rings (SSSR count). The van der Waals surface area contributed by atoms with Gasteiger partial charge in [0.15, 0.2) is 0 Å². The summed E-state index contributed by atoms with van der Waals surface area (Å²) in [5.74, 6) is 0.632. The average molecular weight is 411 g/mol. The summed E-state index contributed by atoms with van der Waals surface area (Å²) in [5.41, 5.74) is 0.591. The zero-order valence-electron chi connectivity index (χ0n) is 9.17. The van der Waals surface area contributed by atoms with E-state index in [9.17, 15) is 4.79 Å². The SMILES string of the molecule is COc1ccc(C(=O)c2cc(Br)c(Cl)s2)cc1Br. The van der Waals surface area contributed by atoms with E-state index < -0.39 is 0 Å². The van der Waals surface area contributed by atoms with Crippen LogP contribution >= 0.6 is 54.8 Å². The van der Waals surface area contributed by atoms with Crippen molar-refractivity contribution in [2.45, 2.75) is 0 Å². The van der Waals surface area contributed by atoms with Crippen molar-refractivity contribution in [1.82, 2.24) is 0 Å². The summed E-state index contributed by atoms with van der Waals surface area (Å²) >= 11 is 13.8. The molecule has 1 heterocycles. The summed E-state index contributed by atoms with van der Waals surface area (Å²) in [5, 5.41) is 0. The highest BCUT2D eigenvalue weighted by Gasteiger charge is 2.15. The largest absolute Gasteiger partial charge is 0.496 e. The van der Waals surface area contributed by atoms with Crippen molar-refractivity contribution >= 4 is 60.6 Å². The van der Waals surface area contributed by atoms with Gasteiger partial charge < -0.3 is 4.74 Å². The maximum Gasteiger partial charge on any atom is 0.203 e. The van der Waals surface area contributed by atoms with E-state index >= 15 is 0 Å². The lowest BCUT2D eigenvalue weighted by Crippen LogP contribution is -1.98. The predicted molar refractivity (Wildman–Crippen MR) is 81.2 cm³/mol. The van der Waals surface area contributed by atoms with E-state index in [1.165, 1.54) is 11.3 Å². The van der Waals surface area contributed by atoms with Crippen LogP contribution in [0.1, 0.15) is 15.2 Å². The van der Waals surface area contributed by atoms with Crippen LogP contribution in [0.25, 0.3) is 0 Å². The topological polar surface area (TPSA) is 26.3 Å². The summed E-state index contributed by atoms with van der Waals surface area (Å²) in [6.45, 7) is 0. The fraction of sp³-hybridized carbons (Fsp3) is 0.0833. The maximum absolute atomic E-state index is 12.2. The van der Waals surface area contributed by atoms with E-state index in [1.807, 2.05) is 0 Å². The van der Waals surface area contributed by atoms with Gasteiger partial charge in [-0.1, -0.05) is 11.6 Å². The van der Waals surface area contributed by atoms with Crippen LogP contribution < -0.4 is 4.74 Å². The number of halogens is 3. The van der Waals surface area contributed by atoms with Crippen molar-refractivity contribution < 1.29 is 9.53 Å². The zero-order chi connectivity index (χ0) is 13.3. The molecule has 0 fully saturated rings. The molecular formula is C12H7Br2ClO2S. The molecule has 0 aliphatic rings. The second-order valence-corrected chi connectivity index (χ2v) is 6.77. The summed E-state index contributed by atoms with van der Waals surface area (Å²) in [4.78, 5) is 12.8. The lowest BCUT2D eigenvalue weighted by Gasteiger charge is -2.04. The summed E-state index contributed by atoms with van der Waals surface area (Å²) < 4.78 is 7.19. The van der Waals surface area contributed by atoms with Crippen molar-refractivity contribution in [3.8, 4) is 5.75 Å². The molecule has 0 bridgehead atoms. The first-order valence-electron chi connectivity index (χ1n) is 4.86. The number of ether oxygens (including phenoxy) is 1. The van der Waals surface area contributed by atoms with Crippen molar-refractivity contribution in [3.63, 3.8) is 0 Å². The van der Waals surface area contributed by atoms with Crippen molar-refractivity contribution in [2.24, 2.45) is 0 Å². The molecule has 1 aromatic heterocycles. The van der Waals surface area contributed by atoms with E-state index in [2.05, 4.69) is 31.9 Å². The highest BCUT2D eigenvalue weighted by molar-refractivity contribution is 9.11.